The summed E-state index contributed by atoms with van der Waals surface area (Å²) in [6.45, 7) is 0.305. The minimum absolute atomic E-state index is 0.0459. The zero-order chi connectivity index (χ0) is 11.2. The Labute approximate surface area is 83.0 Å². The lowest BCUT2D eigenvalue weighted by Gasteiger charge is -2.01. The van der Waals surface area contributed by atoms with Crippen LogP contribution in [0.3, 0.4) is 0 Å². The van der Waals surface area contributed by atoms with E-state index in [9.17, 15) is 16.8 Å². The highest BCUT2D eigenvalue weighted by atomic mass is 32.2. The van der Waals surface area contributed by atoms with Crippen molar-refractivity contribution in [1.29, 1.82) is 0 Å². The fraction of sp³-hybridized carbons (Fsp3) is 1.00. The van der Waals surface area contributed by atoms with Crippen LogP contribution < -0.4 is 5.32 Å². The molecule has 0 aromatic carbocycles. The second-order valence-electron chi connectivity index (χ2n) is 2.68. The van der Waals surface area contributed by atoms with E-state index >= 15 is 0 Å². The Hall–Kier alpha value is -0.220. The Morgan fingerprint density at radius 3 is 1.79 bits per heavy atom. The highest BCUT2D eigenvalue weighted by molar-refractivity contribution is 7.86. The Bertz CT molecular complexity index is 308. The van der Waals surface area contributed by atoms with Crippen LogP contribution in [0.15, 0.2) is 0 Å². The van der Waals surface area contributed by atoms with E-state index in [0.29, 0.717) is 0 Å². The maximum atomic E-state index is 10.2. The van der Waals surface area contributed by atoms with Gasteiger partial charge < -0.3 is 5.32 Å². The zero-order valence-electron chi connectivity index (χ0n) is 7.38. The topological polar surface area (TPSA) is 121 Å². The van der Waals surface area contributed by atoms with Crippen LogP contribution in [0.1, 0.15) is 6.42 Å². The molecule has 3 N–H and O–H groups in total. The molecule has 0 unspecified atom stereocenters. The minimum atomic E-state index is -3.97. The molecule has 0 amide bonds. The molecular formula is C5H13NO6S2. The van der Waals surface area contributed by atoms with Gasteiger partial charge in [0.05, 0.1) is 11.5 Å². The van der Waals surface area contributed by atoms with Gasteiger partial charge >= 0.3 is 0 Å². The van der Waals surface area contributed by atoms with Gasteiger partial charge in [-0.2, -0.15) is 16.8 Å². The Morgan fingerprint density at radius 1 is 0.857 bits per heavy atom. The quantitative estimate of drug-likeness (QED) is 0.379. The average Bonchev–Trinajstić information content (AvgIpc) is 1.92. The van der Waals surface area contributed by atoms with Crippen molar-refractivity contribution < 1.29 is 25.9 Å². The van der Waals surface area contributed by atoms with Gasteiger partial charge in [-0.3, -0.25) is 9.11 Å². The molecule has 0 radical (unpaired) electrons. The van der Waals surface area contributed by atoms with Crippen molar-refractivity contribution in [3.05, 3.63) is 0 Å². The standard InChI is InChI=1S/C5H13NO6S2/c7-13(8,9)4-1-2-6-3-5-14(10,11)12/h6H,1-5H2,(H,7,8,9)(H,10,11,12). The second kappa shape index (κ2) is 5.61. The Kier molecular flexibility index (Phi) is 5.52. The Morgan fingerprint density at radius 2 is 1.36 bits per heavy atom. The summed E-state index contributed by atoms with van der Waals surface area (Å²) < 4.78 is 57.4. The monoisotopic (exact) mass is 247 g/mol. The molecular weight excluding hydrogens is 234 g/mol. The molecule has 0 aliphatic carbocycles. The summed E-state index contributed by atoms with van der Waals surface area (Å²) in [7, 11) is -7.92. The first-order chi connectivity index (χ1) is 6.21. The lowest BCUT2D eigenvalue weighted by atomic mass is 10.5. The van der Waals surface area contributed by atoms with Crippen molar-refractivity contribution in [3.63, 3.8) is 0 Å². The van der Waals surface area contributed by atoms with Gasteiger partial charge in [0.25, 0.3) is 20.2 Å². The molecule has 0 rings (SSSR count). The fourth-order valence-electron chi connectivity index (χ4n) is 0.706. The van der Waals surface area contributed by atoms with Gasteiger partial charge in [0.15, 0.2) is 0 Å². The molecule has 9 heteroatoms. The predicted octanol–water partition coefficient (Wildman–Crippen LogP) is -1.26. The van der Waals surface area contributed by atoms with E-state index in [0.717, 1.165) is 0 Å². The maximum Gasteiger partial charge on any atom is 0.266 e. The molecule has 14 heavy (non-hydrogen) atoms. The smallest absolute Gasteiger partial charge is 0.266 e. The molecule has 0 bridgehead atoms. The molecule has 0 aromatic rings. The van der Waals surface area contributed by atoms with E-state index in [1.807, 2.05) is 0 Å². The van der Waals surface area contributed by atoms with E-state index in [-0.39, 0.29) is 25.3 Å². The van der Waals surface area contributed by atoms with E-state index in [2.05, 4.69) is 5.32 Å². The average molecular weight is 247 g/mol. The van der Waals surface area contributed by atoms with Gasteiger partial charge in [-0.05, 0) is 13.0 Å². The molecule has 0 atom stereocenters. The van der Waals surface area contributed by atoms with Gasteiger partial charge in [0.2, 0.25) is 0 Å². The fourth-order valence-corrected chi connectivity index (χ4v) is 1.62. The lowest BCUT2D eigenvalue weighted by molar-refractivity contribution is 0.474. The van der Waals surface area contributed by atoms with Crippen LogP contribution in [0.4, 0.5) is 0 Å². The molecule has 0 aliphatic heterocycles. The predicted molar refractivity (Wildman–Crippen MR) is 50.3 cm³/mol. The first-order valence-corrected chi connectivity index (χ1v) is 7.03. The molecule has 0 saturated heterocycles. The Balaban J connectivity index is 3.41. The van der Waals surface area contributed by atoms with Gasteiger partial charge in [-0.25, -0.2) is 0 Å². The largest absolute Gasteiger partial charge is 0.316 e. The zero-order valence-corrected chi connectivity index (χ0v) is 9.01. The third kappa shape index (κ3) is 11.8. The van der Waals surface area contributed by atoms with Crippen molar-refractivity contribution in [2.75, 3.05) is 24.6 Å². The number of rotatable bonds is 7. The summed E-state index contributed by atoms with van der Waals surface area (Å²) in [5.74, 6) is -0.787. The number of nitrogens with one attached hydrogen (secondary N) is 1. The molecule has 0 fully saturated rings. The first kappa shape index (κ1) is 13.8. The summed E-state index contributed by atoms with van der Waals surface area (Å²) in [5.41, 5.74) is 0. The molecule has 0 saturated carbocycles. The summed E-state index contributed by atoms with van der Waals surface area (Å²) in [4.78, 5) is 0. The highest BCUT2D eigenvalue weighted by Crippen LogP contribution is 1.86. The molecule has 0 aromatic heterocycles. The second-order valence-corrected chi connectivity index (χ2v) is 5.82. The molecule has 86 valence electrons. The van der Waals surface area contributed by atoms with Crippen LogP contribution in [0.25, 0.3) is 0 Å². The third-order valence-electron chi connectivity index (χ3n) is 1.29. The summed E-state index contributed by atoms with van der Waals surface area (Å²) in [6, 6.07) is 0. The van der Waals surface area contributed by atoms with E-state index in [4.69, 9.17) is 9.11 Å². The maximum absolute atomic E-state index is 10.2. The third-order valence-corrected chi connectivity index (χ3v) is 2.82. The van der Waals surface area contributed by atoms with Crippen LogP contribution in [0.2, 0.25) is 0 Å². The van der Waals surface area contributed by atoms with E-state index in [1.54, 1.807) is 0 Å². The molecule has 0 heterocycles. The van der Waals surface area contributed by atoms with Crippen molar-refractivity contribution in [2.24, 2.45) is 0 Å². The lowest BCUT2D eigenvalue weighted by Crippen LogP contribution is -2.24. The van der Waals surface area contributed by atoms with Crippen LogP contribution in [0.5, 0.6) is 0 Å². The van der Waals surface area contributed by atoms with Crippen molar-refractivity contribution in [3.8, 4) is 0 Å². The van der Waals surface area contributed by atoms with Crippen molar-refractivity contribution >= 4 is 20.2 Å². The number of hydrogen-bond acceptors (Lipinski definition) is 5. The molecule has 7 nitrogen and oxygen atoms in total. The van der Waals surface area contributed by atoms with Crippen LogP contribution in [-0.4, -0.2) is 50.5 Å². The molecule has 0 aliphatic rings. The number of hydrogen-bond donors (Lipinski definition) is 3. The van der Waals surface area contributed by atoms with E-state index in [1.165, 1.54) is 0 Å². The van der Waals surface area contributed by atoms with Crippen LogP contribution in [0, 0.1) is 0 Å². The minimum Gasteiger partial charge on any atom is -0.316 e. The van der Waals surface area contributed by atoms with Crippen LogP contribution in [-0.2, 0) is 20.2 Å². The van der Waals surface area contributed by atoms with E-state index < -0.39 is 26.0 Å². The van der Waals surface area contributed by atoms with Gasteiger partial charge in [0, 0.05) is 6.54 Å². The van der Waals surface area contributed by atoms with Crippen molar-refractivity contribution in [1.82, 2.24) is 5.32 Å². The van der Waals surface area contributed by atoms with Gasteiger partial charge in [-0.15, -0.1) is 0 Å². The summed E-state index contributed by atoms with van der Waals surface area (Å²) >= 11 is 0. The van der Waals surface area contributed by atoms with Gasteiger partial charge in [-0.1, -0.05) is 0 Å². The highest BCUT2D eigenvalue weighted by Gasteiger charge is 2.04. The molecule has 0 spiro atoms. The van der Waals surface area contributed by atoms with Crippen molar-refractivity contribution in [2.45, 2.75) is 6.42 Å². The van der Waals surface area contributed by atoms with Crippen LogP contribution >= 0.6 is 0 Å². The normalized spacial score (nSPS) is 13.0. The summed E-state index contributed by atoms with van der Waals surface area (Å²) in [5, 5.41) is 2.60. The SMILES string of the molecule is O=S(=O)(O)CCCNCCS(=O)(=O)O. The summed E-state index contributed by atoms with van der Waals surface area (Å²) in [6.07, 6.45) is 0.185. The van der Waals surface area contributed by atoms with Gasteiger partial charge in [0.1, 0.15) is 0 Å². The first-order valence-electron chi connectivity index (χ1n) is 3.82.